The molecule has 5 nitrogen and oxygen atoms in total. The average molecular weight is 481 g/mol. The van der Waals surface area contributed by atoms with E-state index in [9.17, 15) is 0 Å². The summed E-state index contributed by atoms with van der Waals surface area (Å²) >= 11 is 0. The van der Waals surface area contributed by atoms with Crippen molar-refractivity contribution in [3.63, 3.8) is 0 Å². The monoisotopic (exact) mass is 481 g/mol. The van der Waals surface area contributed by atoms with Crippen LogP contribution in [-0.2, 0) is 0 Å². The number of methoxy groups -OCH3 is 1. The van der Waals surface area contributed by atoms with E-state index in [2.05, 4.69) is 46.0 Å². The minimum Gasteiger partial charge on any atom is -0.493 e. The Bertz CT molecular complexity index is 752. The molecule has 2 atom stereocenters. The van der Waals surface area contributed by atoms with E-state index < -0.39 is 0 Å². The van der Waals surface area contributed by atoms with Gasteiger partial charge in [-0.1, -0.05) is 30.3 Å². The molecule has 0 bridgehead atoms. The van der Waals surface area contributed by atoms with Gasteiger partial charge in [-0.25, -0.2) is 0 Å². The second-order valence-corrected chi connectivity index (χ2v) is 6.39. The van der Waals surface area contributed by atoms with Crippen molar-refractivity contribution < 1.29 is 9.47 Å². The Hall–Kier alpha value is -1.96. The van der Waals surface area contributed by atoms with Gasteiger partial charge in [-0.2, -0.15) is 0 Å². The number of ether oxygens (including phenoxy) is 2. The minimum atomic E-state index is 0. The van der Waals surface area contributed by atoms with E-state index in [1.807, 2.05) is 25.1 Å². The van der Waals surface area contributed by atoms with Gasteiger partial charge in [0.15, 0.2) is 17.5 Å². The summed E-state index contributed by atoms with van der Waals surface area (Å²) in [5.41, 5.74) is 2.34. The molecule has 0 aliphatic heterocycles. The molecule has 0 spiro atoms. The normalized spacial score (nSPS) is 18.3. The van der Waals surface area contributed by atoms with Crippen LogP contribution in [0.1, 0.15) is 24.8 Å². The Morgan fingerprint density at radius 2 is 1.93 bits per heavy atom. The van der Waals surface area contributed by atoms with Crippen LogP contribution in [0.2, 0.25) is 0 Å². The Kier molecular flexibility index (Phi) is 8.22. The van der Waals surface area contributed by atoms with E-state index in [0.717, 1.165) is 29.7 Å². The molecular formula is C21H28IN3O2. The number of halogens is 1. The molecule has 0 amide bonds. The molecule has 2 unspecified atom stereocenters. The first kappa shape index (κ1) is 21.3. The van der Waals surface area contributed by atoms with Crippen LogP contribution in [0.15, 0.2) is 53.5 Å². The van der Waals surface area contributed by atoms with Gasteiger partial charge in [0.25, 0.3) is 0 Å². The molecule has 27 heavy (non-hydrogen) atoms. The fourth-order valence-electron chi connectivity index (χ4n) is 3.15. The number of nitrogens with one attached hydrogen (secondary N) is 2. The Balaban J connectivity index is 0.00000261. The molecule has 6 heteroatoms. The van der Waals surface area contributed by atoms with Gasteiger partial charge in [-0.05, 0) is 42.9 Å². The van der Waals surface area contributed by atoms with Crippen molar-refractivity contribution in [3.8, 4) is 11.5 Å². The van der Waals surface area contributed by atoms with E-state index in [1.54, 1.807) is 14.2 Å². The van der Waals surface area contributed by atoms with Crippen molar-refractivity contribution in [1.29, 1.82) is 0 Å². The number of nitrogens with zero attached hydrogens (tertiary/aromatic N) is 1. The molecule has 2 aromatic rings. The summed E-state index contributed by atoms with van der Waals surface area (Å²) in [6, 6.07) is 16.5. The molecule has 2 N–H and O–H groups in total. The fourth-order valence-corrected chi connectivity index (χ4v) is 3.15. The largest absolute Gasteiger partial charge is 0.493 e. The summed E-state index contributed by atoms with van der Waals surface area (Å²) in [4.78, 5) is 4.32. The van der Waals surface area contributed by atoms with E-state index in [0.29, 0.717) is 18.4 Å². The van der Waals surface area contributed by atoms with Gasteiger partial charge in [0.1, 0.15) is 0 Å². The zero-order valence-corrected chi connectivity index (χ0v) is 18.4. The van der Waals surface area contributed by atoms with Gasteiger partial charge in [-0.15, -0.1) is 24.0 Å². The van der Waals surface area contributed by atoms with Crippen LogP contribution in [0.4, 0.5) is 5.69 Å². The summed E-state index contributed by atoms with van der Waals surface area (Å²) in [5.74, 6) is 3.53. The molecule has 1 saturated carbocycles. The van der Waals surface area contributed by atoms with Crippen LogP contribution in [0.5, 0.6) is 11.5 Å². The van der Waals surface area contributed by atoms with Crippen LogP contribution in [-0.4, -0.2) is 33.3 Å². The molecule has 1 aliphatic rings. The maximum Gasteiger partial charge on any atom is 0.195 e. The van der Waals surface area contributed by atoms with Gasteiger partial charge in [0, 0.05) is 25.3 Å². The zero-order valence-electron chi connectivity index (χ0n) is 16.1. The van der Waals surface area contributed by atoms with Crippen molar-refractivity contribution in [2.24, 2.45) is 10.9 Å². The van der Waals surface area contributed by atoms with Gasteiger partial charge in [0.2, 0.25) is 0 Å². The fraction of sp³-hybridized carbons (Fsp3) is 0.381. The van der Waals surface area contributed by atoms with Crippen molar-refractivity contribution in [2.45, 2.75) is 19.3 Å². The zero-order chi connectivity index (χ0) is 18.4. The van der Waals surface area contributed by atoms with Crippen LogP contribution < -0.4 is 20.1 Å². The summed E-state index contributed by atoms with van der Waals surface area (Å²) in [5, 5.41) is 6.75. The molecule has 2 aromatic carbocycles. The second-order valence-electron chi connectivity index (χ2n) is 6.39. The SMILES string of the molecule is CCOc1cc(NC(=NC)NCC2CC2c2ccccc2)ccc1OC.I. The highest BCUT2D eigenvalue weighted by molar-refractivity contribution is 14.0. The molecule has 1 aliphatic carbocycles. The molecule has 1 fully saturated rings. The number of aliphatic imine (C=N–C) groups is 1. The predicted octanol–water partition coefficient (Wildman–Crippen LogP) is 4.50. The lowest BCUT2D eigenvalue weighted by atomic mass is 10.1. The smallest absolute Gasteiger partial charge is 0.195 e. The quantitative estimate of drug-likeness (QED) is 0.348. The summed E-state index contributed by atoms with van der Waals surface area (Å²) in [7, 11) is 3.42. The van der Waals surface area contributed by atoms with Gasteiger partial charge in [-0.3, -0.25) is 4.99 Å². The van der Waals surface area contributed by atoms with E-state index in [4.69, 9.17) is 9.47 Å². The molecular weight excluding hydrogens is 453 g/mol. The maximum absolute atomic E-state index is 5.63. The van der Waals surface area contributed by atoms with Crippen molar-refractivity contribution in [1.82, 2.24) is 5.32 Å². The Labute approximate surface area is 178 Å². The molecule has 0 saturated heterocycles. The number of hydrogen-bond donors (Lipinski definition) is 2. The third kappa shape index (κ3) is 5.76. The number of guanidine groups is 1. The van der Waals surface area contributed by atoms with Crippen molar-refractivity contribution in [3.05, 3.63) is 54.1 Å². The number of hydrogen-bond acceptors (Lipinski definition) is 3. The lowest BCUT2D eigenvalue weighted by molar-refractivity contribution is 0.311. The minimum absolute atomic E-state index is 0. The van der Waals surface area contributed by atoms with Gasteiger partial charge >= 0.3 is 0 Å². The Morgan fingerprint density at radius 1 is 1.15 bits per heavy atom. The number of benzene rings is 2. The Morgan fingerprint density at radius 3 is 2.59 bits per heavy atom. The molecule has 146 valence electrons. The van der Waals surface area contributed by atoms with Crippen LogP contribution in [0, 0.1) is 5.92 Å². The summed E-state index contributed by atoms with van der Waals surface area (Å²) < 4.78 is 11.0. The lowest BCUT2D eigenvalue weighted by Gasteiger charge is -2.14. The number of rotatable bonds is 7. The highest BCUT2D eigenvalue weighted by Gasteiger charge is 2.37. The van der Waals surface area contributed by atoms with E-state index >= 15 is 0 Å². The van der Waals surface area contributed by atoms with E-state index in [1.165, 1.54) is 12.0 Å². The highest BCUT2D eigenvalue weighted by atomic mass is 127. The van der Waals surface area contributed by atoms with Gasteiger partial charge < -0.3 is 20.1 Å². The lowest BCUT2D eigenvalue weighted by Crippen LogP contribution is -2.32. The van der Waals surface area contributed by atoms with Gasteiger partial charge in [0.05, 0.1) is 13.7 Å². The van der Waals surface area contributed by atoms with Crippen molar-refractivity contribution in [2.75, 3.05) is 32.6 Å². The maximum atomic E-state index is 5.63. The predicted molar refractivity (Wildman–Crippen MR) is 122 cm³/mol. The van der Waals surface area contributed by atoms with Crippen LogP contribution in [0.3, 0.4) is 0 Å². The topological polar surface area (TPSA) is 54.9 Å². The molecule has 0 aromatic heterocycles. The third-order valence-electron chi connectivity index (χ3n) is 4.63. The molecule has 0 radical (unpaired) electrons. The second kappa shape index (κ2) is 10.4. The summed E-state index contributed by atoms with van der Waals surface area (Å²) in [6.07, 6.45) is 1.23. The standard InChI is InChI=1S/C21H27N3O2.HI/c1-4-26-20-13-17(10-11-19(20)25-3)24-21(22-2)23-14-16-12-18(16)15-8-6-5-7-9-15;/h5-11,13,16,18H,4,12,14H2,1-3H3,(H2,22,23,24);1H. The van der Waals surface area contributed by atoms with Crippen LogP contribution in [0.25, 0.3) is 0 Å². The first-order valence-corrected chi connectivity index (χ1v) is 9.08. The molecule has 3 rings (SSSR count). The summed E-state index contributed by atoms with van der Waals surface area (Å²) in [6.45, 7) is 3.46. The average Bonchev–Trinajstić information content (AvgIpc) is 3.46. The first-order chi connectivity index (χ1) is 12.7. The number of anilines is 1. The van der Waals surface area contributed by atoms with Crippen LogP contribution >= 0.6 is 24.0 Å². The highest BCUT2D eigenvalue weighted by Crippen LogP contribution is 2.46. The first-order valence-electron chi connectivity index (χ1n) is 9.08. The molecule has 0 heterocycles. The third-order valence-corrected chi connectivity index (χ3v) is 4.63. The van der Waals surface area contributed by atoms with Crippen molar-refractivity contribution >= 4 is 35.6 Å². The van der Waals surface area contributed by atoms with E-state index in [-0.39, 0.29) is 24.0 Å².